The van der Waals surface area contributed by atoms with E-state index in [1.807, 2.05) is 0 Å². The largest absolute Gasteiger partial charge is 0.330 e. The van der Waals surface area contributed by atoms with Gasteiger partial charge in [-0.15, -0.1) is 0 Å². The van der Waals surface area contributed by atoms with Crippen molar-refractivity contribution in [2.45, 2.75) is 64.7 Å². The molecule has 0 saturated carbocycles. The van der Waals surface area contributed by atoms with Crippen molar-refractivity contribution in [2.75, 3.05) is 13.1 Å². The van der Waals surface area contributed by atoms with E-state index in [0.29, 0.717) is 25.9 Å². The lowest BCUT2D eigenvalue weighted by molar-refractivity contribution is -0.165. The first-order valence-corrected chi connectivity index (χ1v) is 6.91. The maximum Gasteiger partial charge on any atom is 0.245 e. The van der Waals surface area contributed by atoms with Crippen LogP contribution in [0, 0.1) is 0 Å². The van der Waals surface area contributed by atoms with Crippen LogP contribution in [-0.2, 0) is 4.79 Å². The van der Waals surface area contributed by atoms with Gasteiger partial charge in [0.2, 0.25) is 5.91 Å². The first-order valence-electron chi connectivity index (χ1n) is 6.91. The lowest BCUT2D eigenvalue weighted by Gasteiger charge is -2.13. The molecule has 0 spiro atoms. The molecule has 0 rings (SSSR count). The van der Waals surface area contributed by atoms with Gasteiger partial charge in [0.15, 0.2) is 0 Å². The zero-order valence-corrected chi connectivity index (χ0v) is 11.2. The number of hydrogen-bond donors (Lipinski definition) is 2. The molecule has 0 aliphatic heterocycles. The molecule has 4 heteroatoms. The number of unbranched alkanes of at least 4 members (excludes halogenated alkanes) is 6. The first kappa shape index (κ1) is 16.4. The second-order valence-corrected chi connectivity index (χ2v) is 4.53. The van der Waals surface area contributed by atoms with Crippen molar-refractivity contribution >= 4 is 5.91 Å². The highest BCUT2D eigenvalue weighted by molar-refractivity contribution is 5.74. The Hall–Kier alpha value is -0.610. The van der Waals surface area contributed by atoms with Crippen LogP contribution >= 0.6 is 0 Å². The number of carbonyl (C=O) groups is 1. The average Bonchev–Trinajstić information content (AvgIpc) is 2.34. The highest BCUT2D eigenvalue weighted by Crippen LogP contribution is 2.09. The van der Waals surface area contributed by atoms with Crippen LogP contribution in [0.4, 0.5) is 0 Å². The molecule has 0 heterocycles. The normalized spacial score (nSPS) is 10.5. The Kier molecular flexibility index (Phi) is 11.4. The fourth-order valence-electron chi connectivity index (χ4n) is 1.73. The molecule has 0 atom stereocenters. The molecular formula is C13H28N2O2. The van der Waals surface area contributed by atoms with E-state index in [1.54, 1.807) is 0 Å². The molecule has 0 radical (unpaired) electrons. The SMILES string of the molecule is CCCCCCCCCC(=O)N(O)CCCN. The molecule has 0 bridgehead atoms. The van der Waals surface area contributed by atoms with E-state index in [2.05, 4.69) is 6.92 Å². The van der Waals surface area contributed by atoms with Gasteiger partial charge in [0.1, 0.15) is 0 Å². The minimum absolute atomic E-state index is 0.174. The van der Waals surface area contributed by atoms with Gasteiger partial charge in [0.25, 0.3) is 0 Å². The summed E-state index contributed by atoms with van der Waals surface area (Å²) >= 11 is 0. The number of nitrogens with two attached hydrogens (primary N) is 1. The smallest absolute Gasteiger partial charge is 0.245 e. The average molecular weight is 244 g/mol. The minimum atomic E-state index is -0.174. The van der Waals surface area contributed by atoms with Crippen LogP contribution in [0.3, 0.4) is 0 Å². The fraction of sp³-hybridized carbons (Fsp3) is 0.923. The molecule has 0 aliphatic rings. The second kappa shape index (κ2) is 11.9. The maximum absolute atomic E-state index is 11.4. The summed E-state index contributed by atoms with van der Waals surface area (Å²) < 4.78 is 0. The van der Waals surface area contributed by atoms with E-state index in [-0.39, 0.29) is 5.91 Å². The zero-order chi connectivity index (χ0) is 12.9. The molecule has 17 heavy (non-hydrogen) atoms. The molecule has 1 amide bonds. The van der Waals surface area contributed by atoms with Crippen LogP contribution in [0.25, 0.3) is 0 Å². The van der Waals surface area contributed by atoms with E-state index in [9.17, 15) is 10.0 Å². The molecule has 0 saturated heterocycles. The van der Waals surface area contributed by atoms with E-state index in [4.69, 9.17) is 5.73 Å². The van der Waals surface area contributed by atoms with Crippen molar-refractivity contribution in [3.63, 3.8) is 0 Å². The summed E-state index contributed by atoms with van der Waals surface area (Å²) in [6, 6.07) is 0. The topological polar surface area (TPSA) is 66.6 Å². The highest BCUT2D eigenvalue weighted by Gasteiger charge is 2.08. The molecule has 0 unspecified atom stereocenters. The van der Waals surface area contributed by atoms with Crippen molar-refractivity contribution in [1.29, 1.82) is 0 Å². The second-order valence-electron chi connectivity index (χ2n) is 4.53. The minimum Gasteiger partial charge on any atom is -0.330 e. The van der Waals surface area contributed by atoms with E-state index < -0.39 is 0 Å². The molecule has 4 nitrogen and oxygen atoms in total. The van der Waals surface area contributed by atoms with Gasteiger partial charge in [0, 0.05) is 13.0 Å². The van der Waals surface area contributed by atoms with Crippen molar-refractivity contribution in [2.24, 2.45) is 5.73 Å². The number of rotatable bonds is 11. The lowest BCUT2D eigenvalue weighted by atomic mass is 10.1. The third-order valence-electron chi connectivity index (χ3n) is 2.86. The summed E-state index contributed by atoms with van der Waals surface area (Å²) in [7, 11) is 0. The fourth-order valence-corrected chi connectivity index (χ4v) is 1.73. The number of nitrogens with zero attached hydrogens (tertiary/aromatic N) is 1. The molecule has 0 aromatic heterocycles. The number of hydrogen-bond acceptors (Lipinski definition) is 3. The van der Waals surface area contributed by atoms with Gasteiger partial charge in [-0.2, -0.15) is 0 Å². The third-order valence-corrected chi connectivity index (χ3v) is 2.86. The summed E-state index contributed by atoms with van der Waals surface area (Å²) in [5, 5.41) is 10.2. The Morgan fingerprint density at radius 1 is 1.06 bits per heavy atom. The molecule has 102 valence electrons. The van der Waals surface area contributed by atoms with Gasteiger partial charge in [-0.1, -0.05) is 45.4 Å². The molecular weight excluding hydrogens is 216 g/mol. The Labute approximate surface area is 105 Å². The molecule has 3 N–H and O–H groups in total. The van der Waals surface area contributed by atoms with Crippen molar-refractivity contribution in [3.8, 4) is 0 Å². The number of hydroxylamine groups is 2. The predicted molar refractivity (Wildman–Crippen MR) is 69.8 cm³/mol. The molecule has 0 aliphatic carbocycles. The van der Waals surface area contributed by atoms with Crippen molar-refractivity contribution in [3.05, 3.63) is 0 Å². The Morgan fingerprint density at radius 2 is 1.65 bits per heavy atom. The third kappa shape index (κ3) is 10.3. The predicted octanol–water partition coefficient (Wildman–Crippen LogP) is 2.69. The van der Waals surface area contributed by atoms with E-state index >= 15 is 0 Å². The van der Waals surface area contributed by atoms with Gasteiger partial charge in [-0.3, -0.25) is 10.0 Å². The summed E-state index contributed by atoms with van der Waals surface area (Å²) in [6.45, 7) is 3.06. The zero-order valence-electron chi connectivity index (χ0n) is 11.2. The molecule has 0 fully saturated rings. The van der Waals surface area contributed by atoms with Gasteiger partial charge in [-0.05, 0) is 19.4 Å². The monoisotopic (exact) mass is 244 g/mol. The lowest BCUT2D eigenvalue weighted by Crippen LogP contribution is -2.29. The maximum atomic E-state index is 11.4. The van der Waals surface area contributed by atoms with Crippen LogP contribution < -0.4 is 5.73 Å². The Balaban J connectivity index is 3.32. The van der Waals surface area contributed by atoms with Gasteiger partial charge in [0.05, 0.1) is 0 Å². The van der Waals surface area contributed by atoms with Crippen LogP contribution in [0.15, 0.2) is 0 Å². The van der Waals surface area contributed by atoms with E-state index in [1.165, 1.54) is 32.1 Å². The standard InChI is InChI=1S/C13H28N2O2/c1-2-3-4-5-6-7-8-10-13(16)15(17)12-9-11-14/h17H,2-12,14H2,1H3. The summed E-state index contributed by atoms with van der Waals surface area (Å²) in [4.78, 5) is 11.4. The van der Waals surface area contributed by atoms with Gasteiger partial charge >= 0.3 is 0 Å². The highest BCUT2D eigenvalue weighted by atomic mass is 16.5. The Bertz CT molecular complexity index is 186. The molecule has 0 aromatic rings. The van der Waals surface area contributed by atoms with Crippen molar-refractivity contribution in [1.82, 2.24) is 5.06 Å². The quantitative estimate of drug-likeness (QED) is 0.333. The summed E-state index contributed by atoms with van der Waals surface area (Å²) in [5.74, 6) is -0.174. The van der Waals surface area contributed by atoms with Gasteiger partial charge < -0.3 is 5.73 Å². The van der Waals surface area contributed by atoms with Crippen LogP contribution in [-0.4, -0.2) is 29.3 Å². The van der Waals surface area contributed by atoms with Crippen molar-refractivity contribution < 1.29 is 10.0 Å². The summed E-state index contributed by atoms with van der Waals surface area (Å²) in [5.41, 5.74) is 5.31. The van der Waals surface area contributed by atoms with Crippen LogP contribution in [0.5, 0.6) is 0 Å². The van der Waals surface area contributed by atoms with E-state index in [0.717, 1.165) is 17.9 Å². The Morgan fingerprint density at radius 3 is 2.24 bits per heavy atom. The molecule has 0 aromatic carbocycles. The number of carbonyl (C=O) groups excluding carboxylic acids is 1. The summed E-state index contributed by atoms with van der Waals surface area (Å²) in [6.07, 6.45) is 9.40. The first-order chi connectivity index (χ1) is 8.22. The van der Waals surface area contributed by atoms with Gasteiger partial charge in [-0.25, -0.2) is 5.06 Å². The van der Waals surface area contributed by atoms with Crippen LogP contribution in [0.2, 0.25) is 0 Å². The number of amides is 1. The van der Waals surface area contributed by atoms with Crippen LogP contribution in [0.1, 0.15) is 64.7 Å².